The zero-order chi connectivity index (χ0) is 11.0. The van der Waals surface area contributed by atoms with E-state index < -0.39 is 0 Å². The van der Waals surface area contributed by atoms with Crippen LogP contribution in [0.3, 0.4) is 0 Å². The van der Waals surface area contributed by atoms with Gasteiger partial charge < -0.3 is 15.6 Å². The number of hydrogen-bond donors (Lipinski definition) is 2. The van der Waals surface area contributed by atoms with Crippen molar-refractivity contribution in [3.8, 4) is 0 Å². The van der Waals surface area contributed by atoms with Crippen LogP contribution in [0.25, 0.3) is 0 Å². The minimum atomic E-state index is 0.152. The Morgan fingerprint density at radius 2 is 2.31 bits per heavy atom. The highest BCUT2D eigenvalue weighted by Crippen LogP contribution is 2.27. The Morgan fingerprint density at radius 3 is 3.06 bits per heavy atom. The predicted octanol–water partition coefficient (Wildman–Crippen LogP) is 1.14. The van der Waals surface area contributed by atoms with Crippen molar-refractivity contribution in [3.63, 3.8) is 0 Å². The van der Waals surface area contributed by atoms with E-state index in [1.807, 2.05) is 0 Å². The van der Waals surface area contributed by atoms with E-state index in [1.165, 1.54) is 25.0 Å². The molecule has 0 spiro atoms. The van der Waals surface area contributed by atoms with Gasteiger partial charge in [-0.1, -0.05) is 0 Å². The number of nitrogens with one attached hydrogen (secondary N) is 1. The molecule has 0 bridgehead atoms. The van der Waals surface area contributed by atoms with Crippen LogP contribution in [-0.4, -0.2) is 22.6 Å². The summed E-state index contributed by atoms with van der Waals surface area (Å²) < 4.78 is 2.26. The molecule has 2 unspecified atom stereocenters. The molecule has 2 aliphatic rings. The maximum Gasteiger partial charge on any atom is 0.125 e. The molecule has 3 N–H and O–H groups in total. The quantitative estimate of drug-likeness (QED) is 0.746. The number of aromatic nitrogens is 2. The number of nitrogens with two attached hydrogens (primary N) is 1. The Morgan fingerprint density at radius 1 is 1.38 bits per heavy atom. The van der Waals surface area contributed by atoms with Crippen LogP contribution in [0.2, 0.25) is 0 Å². The van der Waals surface area contributed by atoms with E-state index >= 15 is 0 Å². The van der Waals surface area contributed by atoms with Gasteiger partial charge in [0.05, 0.1) is 11.7 Å². The maximum atomic E-state index is 6.09. The number of imidazole rings is 1. The third kappa shape index (κ3) is 1.76. The summed E-state index contributed by atoms with van der Waals surface area (Å²) in [6.45, 7) is 3.32. The van der Waals surface area contributed by atoms with E-state index in [1.54, 1.807) is 0 Å². The molecule has 0 aromatic carbocycles. The molecule has 1 aromatic rings. The van der Waals surface area contributed by atoms with Crippen molar-refractivity contribution in [2.45, 2.75) is 44.2 Å². The molecule has 0 aliphatic carbocycles. The fourth-order valence-corrected chi connectivity index (χ4v) is 2.84. The molecule has 1 fully saturated rings. The van der Waals surface area contributed by atoms with Gasteiger partial charge in [-0.15, -0.1) is 0 Å². The van der Waals surface area contributed by atoms with E-state index in [4.69, 9.17) is 10.7 Å². The Bertz CT molecular complexity index is 365. The summed E-state index contributed by atoms with van der Waals surface area (Å²) in [6, 6.07) is 0.152. The Balaban J connectivity index is 1.85. The van der Waals surface area contributed by atoms with Crippen molar-refractivity contribution >= 4 is 0 Å². The van der Waals surface area contributed by atoms with Crippen LogP contribution < -0.4 is 11.1 Å². The third-order valence-electron chi connectivity index (χ3n) is 3.79. The summed E-state index contributed by atoms with van der Waals surface area (Å²) in [7, 11) is 0. The van der Waals surface area contributed by atoms with Crippen molar-refractivity contribution in [1.82, 2.24) is 14.9 Å². The average Bonchev–Trinajstić information content (AvgIpc) is 2.76. The summed E-state index contributed by atoms with van der Waals surface area (Å²) in [5, 5.41) is 3.44. The van der Waals surface area contributed by atoms with Crippen molar-refractivity contribution in [2.24, 2.45) is 5.73 Å². The SMILES string of the molecule is NC1CCCn2cc(C3CCCNC3)nc21. The summed E-state index contributed by atoms with van der Waals surface area (Å²) in [4.78, 5) is 4.75. The van der Waals surface area contributed by atoms with Crippen LogP contribution in [0.4, 0.5) is 0 Å². The third-order valence-corrected chi connectivity index (χ3v) is 3.79. The van der Waals surface area contributed by atoms with Gasteiger partial charge in [0, 0.05) is 25.2 Å². The van der Waals surface area contributed by atoms with Crippen molar-refractivity contribution in [1.29, 1.82) is 0 Å². The molecule has 3 heterocycles. The van der Waals surface area contributed by atoms with Gasteiger partial charge in [-0.3, -0.25) is 0 Å². The molecule has 0 amide bonds. The lowest BCUT2D eigenvalue weighted by molar-refractivity contribution is 0.450. The normalized spacial score (nSPS) is 30.1. The van der Waals surface area contributed by atoms with Crippen LogP contribution in [-0.2, 0) is 6.54 Å². The van der Waals surface area contributed by atoms with Crippen LogP contribution in [0, 0.1) is 0 Å². The Labute approximate surface area is 96.2 Å². The smallest absolute Gasteiger partial charge is 0.125 e. The lowest BCUT2D eigenvalue weighted by atomic mass is 9.97. The van der Waals surface area contributed by atoms with Crippen LogP contribution in [0.1, 0.15) is 49.2 Å². The van der Waals surface area contributed by atoms with Gasteiger partial charge in [0.15, 0.2) is 0 Å². The minimum Gasteiger partial charge on any atom is -0.333 e. The molecule has 2 aliphatic heterocycles. The second-order valence-electron chi connectivity index (χ2n) is 5.01. The molecule has 4 heteroatoms. The highest BCUT2D eigenvalue weighted by molar-refractivity contribution is 5.14. The largest absolute Gasteiger partial charge is 0.333 e. The van der Waals surface area contributed by atoms with E-state index in [0.717, 1.165) is 31.9 Å². The van der Waals surface area contributed by atoms with E-state index in [9.17, 15) is 0 Å². The van der Waals surface area contributed by atoms with Crippen LogP contribution in [0.5, 0.6) is 0 Å². The number of aryl methyl sites for hydroxylation is 1. The zero-order valence-corrected chi connectivity index (χ0v) is 9.65. The molecule has 0 radical (unpaired) electrons. The number of piperidine rings is 1. The van der Waals surface area contributed by atoms with Gasteiger partial charge in [-0.05, 0) is 32.2 Å². The van der Waals surface area contributed by atoms with Crippen LogP contribution >= 0.6 is 0 Å². The first-order valence-electron chi connectivity index (χ1n) is 6.38. The van der Waals surface area contributed by atoms with Crippen molar-refractivity contribution in [3.05, 3.63) is 17.7 Å². The first-order chi connectivity index (χ1) is 7.84. The second-order valence-corrected chi connectivity index (χ2v) is 5.01. The Kier molecular flexibility index (Phi) is 2.69. The summed E-state index contributed by atoms with van der Waals surface area (Å²) in [5.74, 6) is 1.70. The van der Waals surface area contributed by atoms with Gasteiger partial charge in [0.1, 0.15) is 5.82 Å². The minimum absolute atomic E-state index is 0.152. The monoisotopic (exact) mass is 220 g/mol. The van der Waals surface area contributed by atoms with Gasteiger partial charge >= 0.3 is 0 Å². The summed E-state index contributed by atoms with van der Waals surface area (Å²) in [5.41, 5.74) is 7.34. The summed E-state index contributed by atoms with van der Waals surface area (Å²) in [6.07, 6.45) is 7.02. The number of fused-ring (bicyclic) bond motifs is 1. The molecule has 88 valence electrons. The van der Waals surface area contributed by atoms with Crippen molar-refractivity contribution < 1.29 is 0 Å². The van der Waals surface area contributed by atoms with Gasteiger partial charge in [-0.2, -0.15) is 0 Å². The molecule has 16 heavy (non-hydrogen) atoms. The molecule has 0 saturated carbocycles. The topological polar surface area (TPSA) is 55.9 Å². The zero-order valence-electron chi connectivity index (χ0n) is 9.65. The van der Waals surface area contributed by atoms with Gasteiger partial charge in [-0.25, -0.2) is 4.98 Å². The Hall–Kier alpha value is -0.870. The fraction of sp³-hybridized carbons (Fsp3) is 0.750. The number of rotatable bonds is 1. The molecule has 1 aromatic heterocycles. The van der Waals surface area contributed by atoms with Gasteiger partial charge in [0.2, 0.25) is 0 Å². The first-order valence-corrected chi connectivity index (χ1v) is 6.38. The molecular weight excluding hydrogens is 200 g/mol. The average molecular weight is 220 g/mol. The highest BCUT2D eigenvalue weighted by Gasteiger charge is 2.23. The highest BCUT2D eigenvalue weighted by atomic mass is 15.1. The molecule has 4 nitrogen and oxygen atoms in total. The summed E-state index contributed by atoms with van der Waals surface area (Å²) >= 11 is 0. The molecular formula is C12H20N4. The van der Waals surface area contributed by atoms with Crippen LogP contribution in [0.15, 0.2) is 6.20 Å². The lowest BCUT2D eigenvalue weighted by Gasteiger charge is -2.20. The fourth-order valence-electron chi connectivity index (χ4n) is 2.84. The first kappa shape index (κ1) is 10.3. The lowest BCUT2D eigenvalue weighted by Crippen LogP contribution is -2.28. The van der Waals surface area contributed by atoms with Gasteiger partial charge in [0.25, 0.3) is 0 Å². The van der Waals surface area contributed by atoms with E-state index in [2.05, 4.69) is 16.1 Å². The molecule has 3 rings (SSSR count). The molecule has 2 atom stereocenters. The second kappa shape index (κ2) is 4.18. The number of hydrogen-bond acceptors (Lipinski definition) is 3. The molecule has 1 saturated heterocycles. The van der Waals surface area contributed by atoms with E-state index in [-0.39, 0.29) is 6.04 Å². The number of nitrogens with zero attached hydrogens (tertiary/aromatic N) is 2. The predicted molar refractivity (Wildman–Crippen MR) is 63.2 cm³/mol. The maximum absolute atomic E-state index is 6.09. The standard InChI is InChI=1S/C12H20N4/c13-10-4-2-6-16-8-11(15-12(10)16)9-3-1-5-14-7-9/h8-10,14H,1-7,13H2. The van der Waals surface area contributed by atoms with Crippen molar-refractivity contribution in [2.75, 3.05) is 13.1 Å². The van der Waals surface area contributed by atoms with E-state index in [0.29, 0.717) is 5.92 Å².